The van der Waals surface area contributed by atoms with E-state index in [9.17, 15) is 0 Å². The molecule has 1 saturated heterocycles. The lowest BCUT2D eigenvalue weighted by Gasteiger charge is -2.22. The van der Waals surface area contributed by atoms with E-state index in [1.54, 1.807) is 7.11 Å². The number of benzene rings is 1. The van der Waals surface area contributed by atoms with Crippen molar-refractivity contribution in [1.29, 1.82) is 0 Å². The van der Waals surface area contributed by atoms with Crippen LogP contribution in [0.1, 0.15) is 18.5 Å². The van der Waals surface area contributed by atoms with Gasteiger partial charge in [0.15, 0.2) is 0 Å². The van der Waals surface area contributed by atoms with Gasteiger partial charge in [0.25, 0.3) is 0 Å². The number of rotatable bonds is 4. The molecule has 21 heavy (non-hydrogen) atoms. The average Bonchev–Trinajstić information content (AvgIpc) is 2.56. The third kappa shape index (κ3) is 3.39. The highest BCUT2D eigenvalue weighted by molar-refractivity contribution is 5.66. The van der Waals surface area contributed by atoms with Gasteiger partial charge < -0.3 is 10.1 Å². The van der Waals surface area contributed by atoms with E-state index in [0.717, 1.165) is 42.2 Å². The first-order valence-electron chi connectivity index (χ1n) is 7.52. The first-order valence-corrected chi connectivity index (χ1v) is 7.52. The van der Waals surface area contributed by atoms with Crippen molar-refractivity contribution < 1.29 is 4.74 Å². The van der Waals surface area contributed by atoms with Gasteiger partial charge in [-0.3, -0.25) is 9.97 Å². The molecule has 2 heterocycles. The largest absolute Gasteiger partial charge is 0.496 e. The van der Waals surface area contributed by atoms with E-state index in [1.807, 2.05) is 36.7 Å². The lowest BCUT2D eigenvalue weighted by Crippen LogP contribution is -2.31. The Morgan fingerprint density at radius 2 is 2.14 bits per heavy atom. The van der Waals surface area contributed by atoms with Crippen molar-refractivity contribution >= 4 is 0 Å². The second kappa shape index (κ2) is 6.68. The highest BCUT2D eigenvalue weighted by Gasteiger charge is 2.14. The van der Waals surface area contributed by atoms with Crippen LogP contribution in [-0.2, 0) is 6.42 Å². The lowest BCUT2D eigenvalue weighted by atomic mass is 9.95. The van der Waals surface area contributed by atoms with E-state index in [1.165, 1.54) is 12.8 Å². The van der Waals surface area contributed by atoms with Crippen LogP contribution in [0.2, 0.25) is 0 Å². The van der Waals surface area contributed by atoms with Crippen LogP contribution >= 0.6 is 0 Å². The van der Waals surface area contributed by atoms with Crippen molar-refractivity contribution in [3.8, 4) is 17.0 Å². The van der Waals surface area contributed by atoms with Crippen molar-refractivity contribution in [2.24, 2.45) is 5.92 Å². The third-order valence-corrected chi connectivity index (χ3v) is 3.98. The molecule has 1 N–H and O–H groups in total. The van der Waals surface area contributed by atoms with Crippen LogP contribution < -0.4 is 10.1 Å². The van der Waals surface area contributed by atoms with Crippen LogP contribution in [0.15, 0.2) is 36.7 Å². The molecule has 0 spiro atoms. The molecule has 4 heteroatoms. The minimum atomic E-state index is 0.685. The first kappa shape index (κ1) is 14.0. The molecule has 0 aliphatic carbocycles. The molecule has 0 bridgehead atoms. The van der Waals surface area contributed by atoms with Gasteiger partial charge in [-0.1, -0.05) is 12.1 Å². The zero-order valence-corrected chi connectivity index (χ0v) is 12.4. The zero-order chi connectivity index (χ0) is 14.5. The molecule has 1 unspecified atom stereocenters. The lowest BCUT2D eigenvalue weighted by molar-refractivity contribution is 0.373. The van der Waals surface area contributed by atoms with Crippen LogP contribution in [0.3, 0.4) is 0 Å². The fraction of sp³-hybridized carbons (Fsp3) is 0.412. The summed E-state index contributed by atoms with van der Waals surface area (Å²) in [6.45, 7) is 2.24. The highest BCUT2D eigenvalue weighted by atomic mass is 16.5. The number of ether oxygens (including phenoxy) is 1. The number of nitrogens with one attached hydrogen (secondary N) is 1. The van der Waals surface area contributed by atoms with E-state index in [0.29, 0.717) is 5.92 Å². The molecule has 3 rings (SSSR count). The summed E-state index contributed by atoms with van der Waals surface area (Å²) in [6, 6.07) is 7.90. The van der Waals surface area contributed by atoms with Crippen molar-refractivity contribution in [2.75, 3.05) is 20.2 Å². The smallest absolute Gasteiger partial charge is 0.128 e. The van der Waals surface area contributed by atoms with Crippen LogP contribution in [0.25, 0.3) is 11.3 Å². The number of piperidine rings is 1. The van der Waals surface area contributed by atoms with E-state index in [4.69, 9.17) is 4.74 Å². The summed E-state index contributed by atoms with van der Waals surface area (Å²) in [5.74, 6) is 1.51. The summed E-state index contributed by atoms with van der Waals surface area (Å²) in [7, 11) is 1.68. The third-order valence-electron chi connectivity index (χ3n) is 3.98. The van der Waals surface area contributed by atoms with Gasteiger partial charge in [-0.2, -0.15) is 0 Å². The molecule has 4 nitrogen and oxygen atoms in total. The van der Waals surface area contributed by atoms with Crippen molar-refractivity contribution in [2.45, 2.75) is 19.3 Å². The quantitative estimate of drug-likeness (QED) is 0.937. The normalized spacial score (nSPS) is 18.4. The van der Waals surface area contributed by atoms with Crippen molar-refractivity contribution in [3.63, 3.8) is 0 Å². The van der Waals surface area contributed by atoms with E-state index in [2.05, 4.69) is 15.3 Å². The highest BCUT2D eigenvalue weighted by Crippen LogP contribution is 2.27. The predicted octanol–water partition coefficient (Wildman–Crippen LogP) is 2.69. The Kier molecular flexibility index (Phi) is 4.46. The molecule has 1 aromatic heterocycles. The van der Waals surface area contributed by atoms with Crippen molar-refractivity contribution in [1.82, 2.24) is 15.3 Å². The Bertz CT molecular complexity index is 577. The molecule has 2 aromatic rings. The Labute approximate surface area is 125 Å². The number of nitrogens with zero attached hydrogens (tertiary/aromatic N) is 2. The number of methoxy groups -OCH3 is 1. The minimum Gasteiger partial charge on any atom is -0.496 e. The van der Waals surface area contributed by atoms with Gasteiger partial charge in [-0.05, 0) is 50.4 Å². The summed E-state index contributed by atoms with van der Waals surface area (Å²) in [5, 5.41) is 3.44. The maximum Gasteiger partial charge on any atom is 0.128 e. The summed E-state index contributed by atoms with van der Waals surface area (Å²) in [6.07, 6.45) is 7.30. The van der Waals surface area contributed by atoms with Gasteiger partial charge >= 0.3 is 0 Å². The predicted molar refractivity (Wildman–Crippen MR) is 83.3 cm³/mol. The summed E-state index contributed by atoms with van der Waals surface area (Å²) in [4.78, 5) is 9.14. The molecular weight excluding hydrogens is 262 g/mol. The number of para-hydroxylation sites is 1. The second-order valence-corrected chi connectivity index (χ2v) is 5.51. The number of aromatic nitrogens is 2. The topological polar surface area (TPSA) is 47.0 Å². The minimum absolute atomic E-state index is 0.685. The van der Waals surface area contributed by atoms with E-state index < -0.39 is 0 Å². The molecular formula is C17H21N3O. The Morgan fingerprint density at radius 1 is 1.24 bits per heavy atom. The standard InChI is InChI=1S/C17H21N3O/c1-21-17-7-3-2-6-15(17)16-12-19-14(11-20-16)9-13-5-4-8-18-10-13/h2-3,6-7,11-13,18H,4-5,8-10H2,1H3. The second-order valence-electron chi connectivity index (χ2n) is 5.51. The number of hydrogen-bond acceptors (Lipinski definition) is 4. The molecule has 0 saturated carbocycles. The molecule has 0 amide bonds. The van der Waals surface area contributed by atoms with Crippen LogP contribution in [-0.4, -0.2) is 30.2 Å². The maximum atomic E-state index is 5.38. The summed E-state index contributed by atoms with van der Waals surface area (Å²) >= 11 is 0. The van der Waals surface area contributed by atoms with Gasteiger partial charge in [0.05, 0.1) is 24.7 Å². The van der Waals surface area contributed by atoms with Crippen LogP contribution in [0.4, 0.5) is 0 Å². The van der Waals surface area contributed by atoms with Gasteiger partial charge in [0.2, 0.25) is 0 Å². The summed E-state index contributed by atoms with van der Waals surface area (Å²) < 4.78 is 5.38. The van der Waals surface area contributed by atoms with Gasteiger partial charge in [0.1, 0.15) is 5.75 Å². The molecule has 1 fully saturated rings. The molecule has 1 aliphatic rings. The fourth-order valence-electron chi connectivity index (χ4n) is 2.85. The fourth-order valence-corrected chi connectivity index (χ4v) is 2.85. The van der Waals surface area contributed by atoms with Gasteiger partial charge in [0, 0.05) is 11.8 Å². The maximum absolute atomic E-state index is 5.38. The van der Waals surface area contributed by atoms with E-state index >= 15 is 0 Å². The van der Waals surface area contributed by atoms with E-state index in [-0.39, 0.29) is 0 Å². The molecule has 1 aliphatic heterocycles. The molecule has 1 aromatic carbocycles. The van der Waals surface area contributed by atoms with Gasteiger partial charge in [-0.25, -0.2) is 0 Å². The molecule has 0 radical (unpaired) electrons. The van der Waals surface area contributed by atoms with Crippen molar-refractivity contribution in [3.05, 3.63) is 42.4 Å². The zero-order valence-electron chi connectivity index (χ0n) is 12.4. The van der Waals surface area contributed by atoms with Crippen LogP contribution in [0.5, 0.6) is 5.75 Å². The first-order chi connectivity index (χ1) is 10.4. The SMILES string of the molecule is COc1ccccc1-c1cnc(CC2CCCNC2)cn1. The summed E-state index contributed by atoms with van der Waals surface area (Å²) in [5.41, 5.74) is 2.92. The van der Waals surface area contributed by atoms with Gasteiger partial charge in [-0.15, -0.1) is 0 Å². The molecule has 1 atom stereocenters. The molecule has 110 valence electrons. The Hall–Kier alpha value is -1.94. The van der Waals surface area contributed by atoms with Crippen LogP contribution in [0, 0.1) is 5.92 Å². The number of hydrogen-bond donors (Lipinski definition) is 1. The Balaban J connectivity index is 1.74. The monoisotopic (exact) mass is 283 g/mol. The average molecular weight is 283 g/mol. The Morgan fingerprint density at radius 3 is 2.86 bits per heavy atom.